The van der Waals surface area contributed by atoms with Gasteiger partial charge in [-0.3, -0.25) is 10.1 Å². The maximum atomic E-state index is 10.8. The molecule has 8 heteroatoms. The Morgan fingerprint density at radius 1 is 1.30 bits per heavy atom. The highest BCUT2D eigenvalue weighted by molar-refractivity contribution is 7.80. The van der Waals surface area contributed by atoms with Crippen LogP contribution in [0.25, 0.3) is 0 Å². The zero-order valence-corrected chi connectivity index (χ0v) is 13.5. The van der Waals surface area contributed by atoms with Gasteiger partial charge in [0.2, 0.25) is 0 Å². The van der Waals surface area contributed by atoms with Crippen LogP contribution in [0.2, 0.25) is 5.02 Å². The topological polar surface area (TPSA) is 87.4 Å². The lowest BCUT2D eigenvalue weighted by Crippen LogP contribution is -2.32. The van der Waals surface area contributed by atoms with Crippen molar-refractivity contribution in [2.24, 2.45) is 0 Å². The maximum Gasteiger partial charge on any atom is 0.271 e. The van der Waals surface area contributed by atoms with Gasteiger partial charge < -0.3 is 15.7 Å². The molecule has 0 aliphatic carbocycles. The normalized spacial score (nSPS) is 11.6. The number of halogens is 1. The van der Waals surface area contributed by atoms with Crippen molar-refractivity contribution in [3.8, 4) is 0 Å². The molecule has 0 fully saturated rings. The molecular weight excluding hydrogens is 338 g/mol. The molecule has 0 spiro atoms. The molecule has 2 aromatic rings. The summed E-state index contributed by atoms with van der Waals surface area (Å²) in [5.74, 6) is 0. The molecule has 1 atom stereocenters. The van der Waals surface area contributed by atoms with E-state index in [-0.39, 0.29) is 17.3 Å². The first-order valence-corrected chi connectivity index (χ1v) is 7.48. The number of hydrogen-bond donors (Lipinski definition) is 3. The molecule has 2 rings (SSSR count). The second kappa shape index (κ2) is 7.87. The van der Waals surface area contributed by atoms with Crippen molar-refractivity contribution in [2.75, 3.05) is 11.9 Å². The molecular formula is C15H14ClN3O3S. The predicted molar refractivity (Wildman–Crippen MR) is 93.7 cm³/mol. The van der Waals surface area contributed by atoms with Gasteiger partial charge in [-0.1, -0.05) is 41.9 Å². The van der Waals surface area contributed by atoms with Crippen LogP contribution in [-0.2, 0) is 0 Å². The average molecular weight is 352 g/mol. The first-order chi connectivity index (χ1) is 11.0. The number of thiocarbonyl (C=S) groups is 1. The number of rotatable bonds is 5. The molecule has 23 heavy (non-hydrogen) atoms. The molecule has 0 heterocycles. The molecule has 0 aromatic heterocycles. The second-order valence-electron chi connectivity index (χ2n) is 4.68. The summed E-state index contributed by atoms with van der Waals surface area (Å²) < 4.78 is 0. The Kier molecular flexibility index (Phi) is 5.86. The van der Waals surface area contributed by atoms with Crippen LogP contribution < -0.4 is 10.6 Å². The maximum absolute atomic E-state index is 10.8. The SMILES string of the molecule is O=[N+]([O-])c1ccc(Cl)c(NC(=S)NC[C@@H](O)c2ccccc2)c1. The number of benzene rings is 2. The van der Waals surface area contributed by atoms with Gasteiger partial charge in [0.05, 0.1) is 21.7 Å². The van der Waals surface area contributed by atoms with Crippen LogP contribution >= 0.6 is 23.8 Å². The highest BCUT2D eigenvalue weighted by atomic mass is 35.5. The standard InChI is InChI=1S/C15H14ClN3O3S/c16-12-7-6-11(19(21)22)8-13(12)18-15(23)17-9-14(20)10-4-2-1-3-5-10/h1-8,14,20H,9H2,(H2,17,18,23)/t14-/m1/s1. The molecule has 2 aromatic carbocycles. The van der Waals surface area contributed by atoms with Crippen molar-refractivity contribution in [2.45, 2.75) is 6.10 Å². The van der Waals surface area contributed by atoms with Crippen molar-refractivity contribution in [1.82, 2.24) is 5.32 Å². The fourth-order valence-electron chi connectivity index (χ4n) is 1.87. The molecule has 0 aliphatic heterocycles. The monoisotopic (exact) mass is 351 g/mol. The Bertz CT molecular complexity index is 712. The molecule has 3 N–H and O–H groups in total. The Morgan fingerprint density at radius 3 is 2.65 bits per heavy atom. The summed E-state index contributed by atoms with van der Waals surface area (Å²) in [5, 5.41) is 27.0. The Labute approximate surface area is 143 Å². The second-order valence-corrected chi connectivity index (χ2v) is 5.50. The molecule has 0 saturated heterocycles. The van der Waals surface area contributed by atoms with E-state index in [1.165, 1.54) is 18.2 Å². The summed E-state index contributed by atoms with van der Waals surface area (Å²) in [4.78, 5) is 10.3. The van der Waals surface area contributed by atoms with Crippen molar-refractivity contribution in [3.63, 3.8) is 0 Å². The number of nitro benzene ring substituents is 1. The first-order valence-electron chi connectivity index (χ1n) is 6.69. The Hall–Kier alpha value is -2.22. The van der Waals surface area contributed by atoms with E-state index < -0.39 is 11.0 Å². The van der Waals surface area contributed by atoms with Gasteiger partial charge in [-0.2, -0.15) is 0 Å². The number of nitro groups is 1. The van der Waals surface area contributed by atoms with Gasteiger partial charge in [-0.05, 0) is 23.8 Å². The van der Waals surface area contributed by atoms with E-state index in [0.717, 1.165) is 5.56 Å². The number of non-ortho nitro benzene ring substituents is 1. The first kappa shape index (κ1) is 17.1. The fourth-order valence-corrected chi connectivity index (χ4v) is 2.23. The van der Waals surface area contributed by atoms with Gasteiger partial charge in [0, 0.05) is 18.7 Å². The van der Waals surface area contributed by atoms with Gasteiger partial charge in [0.1, 0.15) is 0 Å². The van der Waals surface area contributed by atoms with E-state index in [1.807, 2.05) is 18.2 Å². The van der Waals surface area contributed by atoms with Crippen LogP contribution in [0.15, 0.2) is 48.5 Å². The molecule has 0 bridgehead atoms. The number of nitrogens with zero attached hydrogens (tertiary/aromatic N) is 1. The minimum atomic E-state index is -0.725. The van der Waals surface area contributed by atoms with Crippen LogP contribution in [0.4, 0.5) is 11.4 Å². The summed E-state index contributed by atoms with van der Waals surface area (Å²) in [6.07, 6.45) is -0.725. The molecule has 6 nitrogen and oxygen atoms in total. The summed E-state index contributed by atoms with van der Waals surface area (Å²) in [6, 6.07) is 13.2. The third-order valence-corrected chi connectivity index (χ3v) is 3.63. The predicted octanol–water partition coefficient (Wildman–Crippen LogP) is 3.27. The van der Waals surface area contributed by atoms with Crippen LogP contribution in [-0.4, -0.2) is 21.7 Å². The largest absolute Gasteiger partial charge is 0.387 e. The van der Waals surface area contributed by atoms with E-state index in [9.17, 15) is 15.2 Å². The van der Waals surface area contributed by atoms with Crippen molar-refractivity contribution in [3.05, 3.63) is 69.2 Å². The minimum absolute atomic E-state index is 0.0935. The number of anilines is 1. The van der Waals surface area contributed by atoms with Gasteiger partial charge in [0.25, 0.3) is 5.69 Å². The lowest BCUT2D eigenvalue weighted by atomic mass is 10.1. The summed E-state index contributed by atoms with van der Waals surface area (Å²) in [7, 11) is 0. The zero-order valence-electron chi connectivity index (χ0n) is 11.9. The molecule has 0 unspecified atom stereocenters. The van der Waals surface area contributed by atoms with Gasteiger partial charge >= 0.3 is 0 Å². The number of hydrogen-bond acceptors (Lipinski definition) is 4. The van der Waals surface area contributed by atoms with Crippen LogP contribution in [0, 0.1) is 10.1 Å². The molecule has 120 valence electrons. The van der Waals surface area contributed by atoms with E-state index in [0.29, 0.717) is 10.7 Å². The van der Waals surface area contributed by atoms with E-state index >= 15 is 0 Å². The lowest BCUT2D eigenvalue weighted by Gasteiger charge is -2.15. The average Bonchev–Trinajstić information content (AvgIpc) is 2.55. The Morgan fingerprint density at radius 2 is 2.00 bits per heavy atom. The van der Waals surface area contributed by atoms with Gasteiger partial charge in [-0.15, -0.1) is 0 Å². The molecule has 0 aliphatic rings. The third-order valence-electron chi connectivity index (χ3n) is 3.05. The smallest absolute Gasteiger partial charge is 0.271 e. The lowest BCUT2D eigenvalue weighted by molar-refractivity contribution is -0.384. The molecule has 0 saturated carbocycles. The minimum Gasteiger partial charge on any atom is -0.387 e. The summed E-state index contributed by atoms with van der Waals surface area (Å²) in [5.41, 5.74) is 0.993. The number of aliphatic hydroxyl groups excluding tert-OH is 1. The zero-order chi connectivity index (χ0) is 16.8. The highest BCUT2D eigenvalue weighted by Crippen LogP contribution is 2.26. The van der Waals surface area contributed by atoms with E-state index in [1.54, 1.807) is 12.1 Å². The van der Waals surface area contributed by atoms with Crippen LogP contribution in [0.3, 0.4) is 0 Å². The molecule has 0 radical (unpaired) electrons. The Balaban J connectivity index is 1.95. The van der Waals surface area contributed by atoms with Crippen molar-refractivity contribution in [1.29, 1.82) is 0 Å². The van der Waals surface area contributed by atoms with Gasteiger partial charge in [0.15, 0.2) is 5.11 Å². The summed E-state index contributed by atoms with van der Waals surface area (Å²) in [6.45, 7) is 0.197. The van der Waals surface area contributed by atoms with Gasteiger partial charge in [-0.25, -0.2) is 0 Å². The van der Waals surface area contributed by atoms with Crippen LogP contribution in [0.1, 0.15) is 11.7 Å². The quantitative estimate of drug-likeness (QED) is 0.435. The highest BCUT2D eigenvalue weighted by Gasteiger charge is 2.12. The molecule has 0 amide bonds. The van der Waals surface area contributed by atoms with E-state index in [4.69, 9.17) is 23.8 Å². The number of nitrogens with one attached hydrogen (secondary N) is 2. The van der Waals surface area contributed by atoms with E-state index in [2.05, 4.69) is 10.6 Å². The third kappa shape index (κ3) is 4.88. The van der Waals surface area contributed by atoms with Crippen molar-refractivity contribution < 1.29 is 10.0 Å². The number of aliphatic hydroxyl groups is 1. The van der Waals surface area contributed by atoms with Crippen molar-refractivity contribution >= 4 is 40.3 Å². The summed E-state index contributed by atoms with van der Waals surface area (Å²) >= 11 is 11.1. The fraction of sp³-hybridized carbons (Fsp3) is 0.133. The van der Waals surface area contributed by atoms with Crippen LogP contribution in [0.5, 0.6) is 0 Å².